The Kier molecular flexibility index (Phi) is 4.11. The summed E-state index contributed by atoms with van der Waals surface area (Å²) < 4.78 is 38.8. The van der Waals surface area contributed by atoms with Gasteiger partial charge in [0.1, 0.15) is 0 Å². The second-order valence-corrected chi connectivity index (χ2v) is 4.17. The molecule has 0 unspecified atom stereocenters. The SMILES string of the molecule is CNc1c(C(=O)Nc2ccncc2)cccc1C(F)(F)F. The number of pyridine rings is 1. The van der Waals surface area contributed by atoms with Gasteiger partial charge < -0.3 is 10.6 Å². The molecular weight excluding hydrogens is 283 g/mol. The molecule has 2 rings (SSSR count). The van der Waals surface area contributed by atoms with Gasteiger partial charge in [0.2, 0.25) is 0 Å². The van der Waals surface area contributed by atoms with Crippen LogP contribution in [0.1, 0.15) is 15.9 Å². The molecule has 0 fully saturated rings. The van der Waals surface area contributed by atoms with Crippen LogP contribution in [0.15, 0.2) is 42.7 Å². The lowest BCUT2D eigenvalue weighted by Gasteiger charge is -2.16. The molecule has 1 amide bonds. The number of halogens is 3. The molecule has 0 radical (unpaired) electrons. The van der Waals surface area contributed by atoms with E-state index in [1.54, 1.807) is 12.1 Å². The van der Waals surface area contributed by atoms with Crippen molar-refractivity contribution in [2.24, 2.45) is 0 Å². The summed E-state index contributed by atoms with van der Waals surface area (Å²) in [5.74, 6) is -0.628. The number of amides is 1. The molecule has 1 aromatic carbocycles. The Bertz CT molecular complexity index is 642. The fraction of sp³-hybridized carbons (Fsp3) is 0.143. The fourth-order valence-electron chi connectivity index (χ4n) is 1.88. The zero-order valence-electron chi connectivity index (χ0n) is 11.0. The molecule has 0 spiro atoms. The van der Waals surface area contributed by atoms with Gasteiger partial charge in [-0.2, -0.15) is 13.2 Å². The predicted octanol–water partition coefficient (Wildman–Crippen LogP) is 3.39. The van der Waals surface area contributed by atoms with Crippen molar-refractivity contribution in [1.29, 1.82) is 0 Å². The first-order valence-electron chi connectivity index (χ1n) is 6.03. The zero-order valence-corrected chi connectivity index (χ0v) is 11.0. The van der Waals surface area contributed by atoms with Crippen molar-refractivity contribution < 1.29 is 18.0 Å². The minimum atomic E-state index is -4.54. The summed E-state index contributed by atoms with van der Waals surface area (Å²) in [6.45, 7) is 0. The Morgan fingerprint density at radius 3 is 2.38 bits per heavy atom. The molecule has 0 aliphatic heterocycles. The van der Waals surface area contributed by atoms with Crippen LogP contribution >= 0.6 is 0 Å². The van der Waals surface area contributed by atoms with Crippen LogP contribution in [-0.4, -0.2) is 17.9 Å². The van der Waals surface area contributed by atoms with E-state index in [0.717, 1.165) is 6.07 Å². The molecule has 110 valence electrons. The summed E-state index contributed by atoms with van der Waals surface area (Å²) in [6.07, 6.45) is -1.59. The minimum absolute atomic E-state index is 0.0795. The Morgan fingerprint density at radius 2 is 1.81 bits per heavy atom. The maximum Gasteiger partial charge on any atom is 0.418 e. The largest absolute Gasteiger partial charge is 0.418 e. The van der Waals surface area contributed by atoms with Crippen LogP contribution in [0.25, 0.3) is 0 Å². The molecule has 0 atom stereocenters. The fourth-order valence-corrected chi connectivity index (χ4v) is 1.88. The van der Waals surface area contributed by atoms with E-state index in [0.29, 0.717) is 5.69 Å². The van der Waals surface area contributed by atoms with Crippen LogP contribution in [0.3, 0.4) is 0 Å². The van der Waals surface area contributed by atoms with E-state index in [-0.39, 0.29) is 11.3 Å². The lowest BCUT2D eigenvalue weighted by atomic mass is 10.1. The van der Waals surface area contributed by atoms with Gasteiger partial charge in [0.25, 0.3) is 5.91 Å². The van der Waals surface area contributed by atoms with Crippen molar-refractivity contribution in [2.75, 3.05) is 17.7 Å². The van der Waals surface area contributed by atoms with Crippen molar-refractivity contribution in [3.05, 3.63) is 53.9 Å². The van der Waals surface area contributed by atoms with E-state index >= 15 is 0 Å². The number of hydrogen-bond donors (Lipinski definition) is 2. The summed E-state index contributed by atoms with van der Waals surface area (Å²) in [5.41, 5.74) is -0.762. The maximum absolute atomic E-state index is 12.9. The highest BCUT2D eigenvalue weighted by Gasteiger charge is 2.34. The van der Waals surface area contributed by atoms with Crippen LogP contribution in [0.5, 0.6) is 0 Å². The number of carbonyl (C=O) groups is 1. The number of benzene rings is 1. The van der Waals surface area contributed by atoms with Crippen LogP contribution in [0, 0.1) is 0 Å². The van der Waals surface area contributed by atoms with Crippen molar-refractivity contribution in [1.82, 2.24) is 4.98 Å². The molecule has 1 aromatic heterocycles. The van der Waals surface area contributed by atoms with Gasteiger partial charge in [0.15, 0.2) is 0 Å². The van der Waals surface area contributed by atoms with Gasteiger partial charge in [-0.1, -0.05) is 6.07 Å². The number of nitrogens with zero attached hydrogens (tertiary/aromatic N) is 1. The van der Waals surface area contributed by atoms with E-state index in [2.05, 4.69) is 15.6 Å². The summed E-state index contributed by atoms with van der Waals surface area (Å²) in [4.78, 5) is 15.9. The Hall–Kier alpha value is -2.57. The molecule has 0 aliphatic rings. The smallest absolute Gasteiger partial charge is 0.387 e. The first-order valence-corrected chi connectivity index (χ1v) is 6.03. The number of nitrogens with one attached hydrogen (secondary N) is 2. The highest BCUT2D eigenvalue weighted by atomic mass is 19.4. The lowest BCUT2D eigenvalue weighted by Crippen LogP contribution is -2.17. The monoisotopic (exact) mass is 295 g/mol. The van der Waals surface area contributed by atoms with E-state index in [1.165, 1.54) is 31.6 Å². The number of carbonyl (C=O) groups excluding carboxylic acids is 1. The zero-order chi connectivity index (χ0) is 15.5. The van der Waals surface area contributed by atoms with Gasteiger partial charge in [-0.15, -0.1) is 0 Å². The summed E-state index contributed by atoms with van der Waals surface area (Å²) in [7, 11) is 1.34. The quantitative estimate of drug-likeness (QED) is 0.912. The number of rotatable bonds is 3. The number of hydrogen-bond acceptors (Lipinski definition) is 3. The Morgan fingerprint density at radius 1 is 1.14 bits per heavy atom. The topological polar surface area (TPSA) is 54.0 Å². The Labute approximate surface area is 119 Å². The first kappa shape index (κ1) is 14.8. The molecule has 0 saturated carbocycles. The summed E-state index contributed by atoms with van der Waals surface area (Å²) >= 11 is 0. The molecule has 0 bridgehead atoms. The predicted molar refractivity (Wildman–Crippen MR) is 73.2 cm³/mol. The van der Waals surface area contributed by atoms with Gasteiger partial charge in [0, 0.05) is 25.1 Å². The van der Waals surface area contributed by atoms with Gasteiger partial charge >= 0.3 is 6.18 Å². The molecule has 2 N–H and O–H groups in total. The molecule has 7 heteroatoms. The average molecular weight is 295 g/mol. The molecule has 4 nitrogen and oxygen atoms in total. The van der Waals surface area contributed by atoms with Crippen LogP contribution in [0.2, 0.25) is 0 Å². The normalized spacial score (nSPS) is 11.0. The second-order valence-electron chi connectivity index (χ2n) is 4.17. The Balaban J connectivity index is 2.38. The number of anilines is 2. The second kappa shape index (κ2) is 5.82. The summed E-state index contributed by atoms with van der Waals surface area (Å²) in [5, 5.41) is 4.97. The molecular formula is C14H12F3N3O. The van der Waals surface area contributed by atoms with Gasteiger partial charge in [0.05, 0.1) is 16.8 Å². The maximum atomic E-state index is 12.9. The van der Waals surface area contributed by atoms with Crippen LogP contribution in [-0.2, 0) is 6.18 Å². The molecule has 0 aliphatic carbocycles. The standard InChI is InChI=1S/C14H12F3N3O/c1-18-12-10(3-2-4-11(12)14(15,16)17)13(21)20-9-5-7-19-8-6-9/h2-8,18H,1H3,(H,19,20,21). The molecule has 0 saturated heterocycles. The van der Waals surface area contributed by atoms with Gasteiger partial charge in [-0.3, -0.25) is 9.78 Å². The van der Waals surface area contributed by atoms with Crippen LogP contribution in [0.4, 0.5) is 24.5 Å². The highest BCUT2D eigenvalue weighted by Crippen LogP contribution is 2.36. The third-order valence-electron chi connectivity index (χ3n) is 2.80. The average Bonchev–Trinajstić information content (AvgIpc) is 2.46. The molecule has 1 heterocycles. The number of alkyl halides is 3. The lowest BCUT2D eigenvalue weighted by molar-refractivity contribution is -0.136. The van der Waals surface area contributed by atoms with E-state index in [1.807, 2.05) is 0 Å². The third-order valence-corrected chi connectivity index (χ3v) is 2.80. The van der Waals surface area contributed by atoms with Gasteiger partial charge in [-0.25, -0.2) is 0 Å². The molecule has 2 aromatic rings. The van der Waals surface area contributed by atoms with Crippen LogP contribution < -0.4 is 10.6 Å². The van der Waals surface area contributed by atoms with E-state index < -0.39 is 17.6 Å². The van der Waals surface area contributed by atoms with E-state index in [9.17, 15) is 18.0 Å². The highest BCUT2D eigenvalue weighted by molar-refractivity contribution is 6.08. The van der Waals surface area contributed by atoms with E-state index in [4.69, 9.17) is 0 Å². The van der Waals surface area contributed by atoms with Crippen molar-refractivity contribution >= 4 is 17.3 Å². The third kappa shape index (κ3) is 3.31. The summed E-state index contributed by atoms with van der Waals surface area (Å²) in [6, 6.07) is 6.55. The number of para-hydroxylation sites is 1. The van der Waals surface area contributed by atoms with Gasteiger partial charge in [-0.05, 0) is 24.3 Å². The van der Waals surface area contributed by atoms with Crippen molar-refractivity contribution in [3.8, 4) is 0 Å². The van der Waals surface area contributed by atoms with Crippen molar-refractivity contribution in [2.45, 2.75) is 6.18 Å². The van der Waals surface area contributed by atoms with Crippen molar-refractivity contribution in [3.63, 3.8) is 0 Å². The first-order chi connectivity index (χ1) is 9.93. The minimum Gasteiger partial charge on any atom is -0.387 e. The molecule has 21 heavy (non-hydrogen) atoms. The number of aromatic nitrogens is 1.